The van der Waals surface area contributed by atoms with Crippen LogP contribution in [0.2, 0.25) is 0 Å². The summed E-state index contributed by atoms with van der Waals surface area (Å²) in [4.78, 5) is 10.9. The molecule has 2 rings (SSSR count). The number of nitrogens with two attached hydrogens (primary N) is 1. The summed E-state index contributed by atoms with van der Waals surface area (Å²) in [5, 5.41) is 7.20. The normalized spacial score (nSPS) is 22.8. The number of carboxylic acids is 1. The molecule has 0 aliphatic carbocycles. The molecule has 0 radical (unpaired) electrons. The minimum absolute atomic E-state index is 0.0917. The number of carboxylic acid groups (broad SMARTS) is 1. The third-order valence-corrected chi connectivity index (χ3v) is 7.03. The van der Waals surface area contributed by atoms with Gasteiger partial charge in [0.2, 0.25) is 10.0 Å². The number of carbonyl (C=O) groups is 1. The van der Waals surface area contributed by atoms with Crippen LogP contribution >= 0.6 is 0 Å². The van der Waals surface area contributed by atoms with Gasteiger partial charge >= 0.3 is 5.97 Å². The lowest BCUT2D eigenvalue weighted by Gasteiger charge is -2.29. The van der Waals surface area contributed by atoms with E-state index in [-0.39, 0.29) is 17.1 Å². The molecule has 8 nitrogen and oxygen atoms in total. The van der Waals surface area contributed by atoms with Crippen LogP contribution in [-0.4, -0.2) is 56.3 Å². The van der Waals surface area contributed by atoms with Crippen molar-refractivity contribution in [3.05, 3.63) is 24.3 Å². The van der Waals surface area contributed by atoms with Gasteiger partial charge in [0.15, 0.2) is 15.1 Å². The van der Waals surface area contributed by atoms with Crippen LogP contribution in [0.4, 0.5) is 5.69 Å². The minimum Gasteiger partial charge on any atom is -0.480 e. The third-order valence-electron chi connectivity index (χ3n) is 3.20. The number of benzene rings is 1. The molecule has 0 bridgehead atoms. The summed E-state index contributed by atoms with van der Waals surface area (Å²) in [6.45, 7) is -0.877. The number of hydrogen-bond acceptors (Lipinski definition) is 6. The van der Waals surface area contributed by atoms with E-state index in [1.54, 1.807) is 0 Å². The number of sulfone groups is 1. The van der Waals surface area contributed by atoms with Crippen LogP contribution in [0.3, 0.4) is 0 Å². The van der Waals surface area contributed by atoms with E-state index in [1.165, 1.54) is 24.3 Å². The maximum atomic E-state index is 12.4. The van der Waals surface area contributed by atoms with Crippen LogP contribution in [0.1, 0.15) is 0 Å². The van der Waals surface area contributed by atoms with Gasteiger partial charge in [0.25, 0.3) is 0 Å². The Balaban J connectivity index is 2.37. The molecule has 116 valence electrons. The fourth-order valence-electron chi connectivity index (χ4n) is 2.04. The van der Waals surface area contributed by atoms with Crippen LogP contribution in [0, 0.1) is 0 Å². The van der Waals surface area contributed by atoms with E-state index < -0.39 is 43.4 Å². The first-order valence-corrected chi connectivity index (χ1v) is 9.10. The average molecular weight is 334 g/mol. The van der Waals surface area contributed by atoms with Gasteiger partial charge in [-0.2, -0.15) is 4.31 Å². The standard InChI is InChI=1S/C11H14N2O6S2/c12-8-2-1-3-9(6-8)21(18,19)13-4-5-20(16,17)10(7-13)11(14)15/h1-3,6,10H,4-5,7,12H2,(H,14,15). The molecule has 1 fully saturated rings. The van der Waals surface area contributed by atoms with Gasteiger partial charge < -0.3 is 10.8 Å². The van der Waals surface area contributed by atoms with Crippen LogP contribution < -0.4 is 5.73 Å². The monoisotopic (exact) mass is 334 g/mol. The predicted octanol–water partition coefficient (Wildman–Crippen LogP) is -0.859. The Hall–Kier alpha value is -1.65. The molecule has 1 aliphatic heterocycles. The molecule has 1 saturated heterocycles. The number of aliphatic carboxylic acids is 1. The maximum absolute atomic E-state index is 12.4. The summed E-state index contributed by atoms with van der Waals surface area (Å²) in [7, 11) is -7.81. The fraction of sp³-hybridized carbons (Fsp3) is 0.364. The number of nitrogen functional groups attached to an aromatic ring is 1. The first-order chi connectivity index (χ1) is 9.64. The first kappa shape index (κ1) is 15.7. The van der Waals surface area contributed by atoms with Crippen molar-refractivity contribution in [3.63, 3.8) is 0 Å². The van der Waals surface area contributed by atoms with Gasteiger partial charge in [-0.05, 0) is 18.2 Å². The van der Waals surface area contributed by atoms with Crippen LogP contribution in [0.15, 0.2) is 29.2 Å². The molecule has 0 spiro atoms. The van der Waals surface area contributed by atoms with Gasteiger partial charge in [-0.25, -0.2) is 16.8 Å². The zero-order valence-electron chi connectivity index (χ0n) is 10.8. The SMILES string of the molecule is Nc1cccc(S(=O)(=O)N2CCS(=O)(=O)C(C(=O)O)C2)c1. The molecule has 0 amide bonds. The van der Waals surface area contributed by atoms with Crippen molar-refractivity contribution in [1.82, 2.24) is 4.31 Å². The zero-order chi connectivity index (χ0) is 15.8. The highest BCUT2D eigenvalue weighted by molar-refractivity contribution is 7.93. The Bertz CT molecular complexity index is 772. The van der Waals surface area contributed by atoms with E-state index >= 15 is 0 Å². The Morgan fingerprint density at radius 3 is 2.62 bits per heavy atom. The van der Waals surface area contributed by atoms with Gasteiger partial charge in [0.05, 0.1) is 10.6 Å². The summed E-state index contributed by atoms with van der Waals surface area (Å²) in [6.07, 6.45) is 0. The lowest BCUT2D eigenvalue weighted by Crippen LogP contribution is -2.52. The van der Waals surface area contributed by atoms with E-state index in [9.17, 15) is 21.6 Å². The van der Waals surface area contributed by atoms with Crippen molar-refractivity contribution in [2.75, 3.05) is 24.6 Å². The summed E-state index contributed by atoms with van der Waals surface area (Å²) in [5.74, 6) is -2.08. The molecule has 1 aliphatic rings. The topological polar surface area (TPSA) is 135 Å². The van der Waals surface area contributed by atoms with E-state index in [0.717, 1.165) is 4.31 Å². The molecule has 1 aromatic carbocycles. The van der Waals surface area contributed by atoms with Crippen molar-refractivity contribution in [2.45, 2.75) is 10.1 Å². The number of sulfonamides is 1. The minimum atomic E-state index is -3.98. The second-order valence-electron chi connectivity index (χ2n) is 4.63. The molecule has 0 saturated carbocycles. The molecule has 3 N–H and O–H groups in total. The summed E-state index contributed by atoms with van der Waals surface area (Å²) in [6, 6.07) is 5.54. The largest absolute Gasteiger partial charge is 0.480 e. The third kappa shape index (κ3) is 3.01. The van der Waals surface area contributed by atoms with Crippen LogP contribution in [0.25, 0.3) is 0 Å². The summed E-state index contributed by atoms with van der Waals surface area (Å²) < 4.78 is 49.0. The van der Waals surface area contributed by atoms with E-state index in [4.69, 9.17) is 10.8 Å². The van der Waals surface area contributed by atoms with E-state index in [1.807, 2.05) is 0 Å². The van der Waals surface area contributed by atoms with Crippen molar-refractivity contribution in [1.29, 1.82) is 0 Å². The van der Waals surface area contributed by atoms with Crippen molar-refractivity contribution in [3.8, 4) is 0 Å². The highest BCUT2D eigenvalue weighted by Gasteiger charge is 2.42. The molecule has 21 heavy (non-hydrogen) atoms. The highest BCUT2D eigenvalue weighted by atomic mass is 32.2. The molecule has 1 aromatic rings. The maximum Gasteiger partial charge on any atom is 0.323 e. The summed E-state index contributed by atoms with van der Waals surface area (Å²) >= 11 is 0. The Kier molecular flexibility index (Phi) is 3.95. The van der Waals surface area contributed by atoms with Crippen molar-refractivity contribution >= 4 is 31.5 Å². The number of nitrogens with zero attached hydrogens (tertiary/aromatic N) is 1. The quantitative estimate of drug-likeness (QED) is 0.687. The summed E-state index contributed by atoms with van der Waals surface area (Å²) in [5.41, 5.74) is 5.78. The first-order valence-electron chi connectivity index (χ1n) is 5.94. The van der Waals surface area contributed by atoms with Crippen molar-refractivity contribution in [2.24, 2.45) is 0 Å². The highest BCUT2D eigenvalue weighted by Crippen LogP contribution is 2.22. The Morgan fingerprint density at radius 1 is 1.38 bits per heavy atom. The lowest BCUT2D eigenvalue weighted by atomic mass is 10.3. The molecular formula is C11H14N2O6S2. The average Bonchev–Trinajstić information content (AvgIpc) is 2.37. The number of anilines is 1. The zero-order valence-corrected chi connectivity index (χ0v) is 12.5. The molecule has 1 atom stereocenters. The van der Waals surface area contributed by atoms with E-state index in [0.29, 0.717) is 0 Å². The van der Waals surface area contributed by atoms with Gasteiger partial charge in [-0.1, -0.05) is 6.07 Å². The van der Waals surface area contributed by atoms with Gasteiger partial charge in [0, 0.05) is 18.8 Å². The fourth-order valence-corrected chi connectivity index (χ4v) is 5.23. The smallest absolute Gasteiger partial charge is 0.323 e. The Morgan fingerprint density at radius 2 is 2.05 bits per heavy atom. The van der Waals surface area contributed by atoms with Crippen LogP contribution in [0.5, 0.6) is 0 Å². The predicted molar refractivity (Wildman–Crippen MR) is 74.8 cm³/mol. The van der Waals surface area contributed by atoms with Gasteiger partial charge in [-0.3, -0.25) is 4.79 Å². The van der Waals surface area contributed by atoms with E-state index in [2.05, 4.69) is 0 Å². The molecule has 0 aromatic heterocycles. The second kappa shape index (κ2) is 5.28. The van der Waals surface area contributed by atoms with Gasteiger partial charge in [-0.15, -0.1) is 0 Å². The lowest BCUT2D eigenvalue weighted by molar-refractivity contribution is -0.136. The molecular weight excluding hydrogens is 320 g/mol. The Labute approximate surface area is 122 Å². The molecule has 1 heterocycles. The second-order valence-corrected chi connectivity index (χ2v) is 8.87. The van der Waals surface area contributed by atoms with Gasteiger partial charge in [0.1, 0.15) is 0 Å². The molecule has 10 heteroatoms. The van der Waals surface area contributed by atoms with Crippen molar-refractivity contribution < 1.29 is 26.7 Å². The van der Waals surface area contributed by atoms with Crippen LogP contribution in [-0.2, 0) is 24.7 Å². The molecule has 1 unspecified atom stereocenters. The number of hydrogen-bond donors (Lipinski definition) is 2. The number of rotatable bonds is 3.